The molecule has 0 saturated carbocycles. The van der Waals surface area contributed by atoms with Gasteiger partial charge in [0.1, 0.15) is 17.9 Å². The fourth-order valence-corrected chi connectivity index (χ4v) is 4.89. The third-order valence-electron chi connectivity index (χ3n) is 6.90. The number of halogens is 1. The predicted molar refractivity (Wildman–Crippen MR) is 157 cm³/mol. The first kappa shape index (κ1) is 29.9. The summed E-state index contributed by atoms with van der Waals surface area (Å²) < 4.78 is 5.88. The average molecular weight is 577 g/mol. The van der Waals surface area contributed by atoms with Crippen molar-refractivity contribution in [1.82, 2.24) is 14.8 Å². The van der Waals surface area contributed by atoms with E-state index in [1.807, 2.05) is 18.2 Å². The maximum atomic E-state index is 11.8. The molecule has 10 heteroatoms. The van der Waals surface area contributed by atoms with Crippen LogP contribution in [0.15, 0.2) is 72.8 Å². The van der Waals surface area contributed by atoms with E-state index in [0.29, 0.717) is 23.7 Å². The molecule has 4 N–H and O–H groups in total. The lowest BCUT2D eigenvalue weighted by Gasteiger charge is -2.39. The summed E-state index contributed by atoms with van der Waals surface area (Å²) in [6, 6.07) is 23.4. The van der Waals surface area contributed by atoms with Gasteiger partial charge in [-0.15, -0.1) is 0 Å². The standard InChI is InChI=1S/C31H33ClN4O5/c32-26-12-10-25(11-13-26)29(24-7-2-1-3-8-24)35-18-16-34(17-19-35)20-21-41-28-14-9-23(22-27(28)30(37)38)6-4-5-15-36(33)31(39)40/h1-3,7-14,22,29H,5,15-21,33H2,(H,37,38)(H,39,40). The van der Waals surface area contributed by atoms with Gasteiger partial charge in [0.15, 0.2) is 0 Å². The molecule has 0 radical (unpaired) electrons. The first-order valence-corrected chi connectivity index (χ1v) is 13.7. The van der Waals surface area contributed by atoms with E-state index in [4.69, 9.17) is 27.3 Å². The Morgan fingerprint density at radius 3 is 2.32 bits per heavy atom. The molecule has 1 aliphatic rings. The molecule has 0 spiro atoms. The number of ether oxygens (including phenoxy) is 1. The van der Waals surface area contributed by atoms with Gasteiger partial charge in [-0.1, -0.05) is 65.9 Å². The average Bonchev–Trinajstić information content (AvgIpc) is 2.98. The normalized spacial score (nSPS) is 14.5. The van der Waals surface area contributed by atoms with Gasteiger partial charge < -0.3 is 14.9 Å². The molecule has 41 heavy (non-hydrogen) atoms. The van der Waals surface area contributed by atoms with E-state index < -0.39 is 12.1 Å². The third kappa shape index (κ3) is 8.46. The highest BCUT2D eigenvalue weighted by Crippen LogP contribution is 2.30. The van der Waals surface area contributed by atoms with E-state index >= 15 is 0 Å². The third-order valence-corrected chi connectivity index (χ3v) is 7.16. The molecule has 1 heterocycles. The number of carbonyl (C=O) groups is 2. The van der Waals surface area contributed by atoms with E-state index in [-0.39, 0.29) is 30.3 Å². The van der Waals surface area contributed by atoms with Gasteiger partial charge >= 0.3 is 12.1 Å². The zero-order valence-electron chi connectivity index (χ0n) is 22.6. The van der Waals surface area contributed by atoms with Crippen LogP contribution in [0.4, 0.5) is 4.79 Å². The van der Waals surface area contributed by atoms with Crippen LogP contribution in [0.1, 0.15) is 39.5 Å². The van der Waals surface area contributed by atoms with Crippen molar-refractivity contribution < 1.29 is 24.5 Å². The number of piperazine rings is 1. The molecule has 1 saturated heterocycles. The summed E-state index contributed by atoms with van der Waals surface area (Å²) in [5, 5.41) is 19.8. The van der Waals surface area contributed by atoms with Crippen molar-refractivity contribution in [1.29, 1.82) is 0 Å². The fraction of sp³-hybridized carbons (Fsp3) is 0.290. The second-order valence-corrected chi connectivity index (χ2v) is 10.1. The number of carboxylic acid groups (broad SMARTS) is 2. The van der Waals surface area contributed by atoms with Crippen LogP contribution >= 0.6 is 11.6 Å². The van der Waals surface area contributed by atoms with E-state index in [0.717, 1.165) is 31.2 Å². The summed E-state index contributed by atoms with van der Waals surface area (Å²) in [7, 11) is 0. The number of nitrogens with zero attached hydrogens (tertiary/aromatic N) is 3. The van der Waals surface area contributed by atoms with Crippen LogP contribution in [-0.4, -0.2) is 83.0 Å². The summed E-state index contributed by atoms with van der Waals surface area (Å²) >= 11 is 6.15. The second kappa shape index (κ2) is 14.5. The van der Waals surface area contributed by atoms with Crippen LogP contribution in [0.5, 0.6) is 5.75 Å². The van der Waals surface area contributed by atoms with Crippen molar-refractivity contribution in [3.8, 4) is 17.6 Å². The minimum absolute atomic E-state index is 0.0290. The van der Waals surface area contributed by atoms with Crippen molar-refractivity contribution in [2.24, 2.45) is 5.84 Å². The number of hydrogen-bond donors (Lipinski definition) is 3. The van der Waals surface area contributed by atoms with Gasteiger partial charge in [0.25, 0.3) is 0 Å². The highest BCUT2D eigenvalue weighted by atomic mass is 35.5. The summed E-state index contributed by atoms with van der Waals surface area (Å²) in [6.07, 6.45) is -1.01. The lowest BCUT2D eigenvalue weighted by atomic mass is 9.96. The number of hydrazine groups is 1. The quantitative estimate of drug-likeness (QED) is 0.140. The van der Waals surface area contributed by atoms with E-state index in [9.17, 15) is 14.7 Å². The van der Waals surface area contributed by atoms with Gasteiger partial charge in [-0.3, -0.25) is 9.80 Å². The number of amides is 1. The minimum Gasteiger partial charge on any atom is -0.491 e. The molecular weight excluding hydrogens is 544 g/mol. The van der Waals surface area contributed by atoms with Gasteiger partial charge in [-0.2, -0.15) is 0 Å². The minimum atomic E-state index is -1.24. The summed E-state index contributed by atoms with van der Waals surface area (Å²) in [6.45, 7) is 4.56. The summed E-state index contributed by atoms with van der Waals surface area (Å²) in [5.74, 6) is 10.1. The lowest BCUT2D eigenvalue weighted by molar-refractivity contribution is 0.0689. The molecule has 0 aliphatic carbocycles. The Labute approximate surface area is 244 Å². The maximum Gasteiger partial charge on any atom is 0.421 e. The van der Waals surface area contributed by atoms with Crippen LogP contribution < -0.4 is 10.6 Å². The van der Waals surface area contributed by atoms with Crippen LogP contribution in [-0.2, 0) is 0 Å². The zero-order chi connectivity index (χ0) is 29.2. The molecule has 1 fully saturated rings. The summed E-state index contributed by atoms with van der Waals surface area (Å²) in [5.41, 5.74) is 2.97. The Kier molecular flexibility index (Phi) is 10.6. The molecule has 1 amide bonds. The number of nitrogens with two attached hydrogens (primary N) is 1. The van der Waals surface area contributed by atoms with Gasteiger partial charge in [0.2, 0.25) is 0 Å². The van der Waals surface area contributed by atoms with E-state index in [1.54, 1.807) is 12.1 Å². The van der Waals surface area contributed by atoms with Crippen LogP contribution in [0.3, 0.4) is 0 Å². The van der Waals surface area contributed by atoms with Crippen molar-refractivity contribution in [3.63, 3.8) is 0 Å². The Morgan fingerprint density at radius 1 is 0.976 bits per heavy atom. The largest absolute Gasteiger partial charge is 0.491 e. The monoisotopic (exact) mass is 576 g/mol. The Bertz CT molecular complexity index is 1380. The number of carboxylic acids is 1. The maximum absolute atomic E-state index is 11.8. The molecule has 0 aromatic heterocycles. The van der Waals surface area contributed by atoms with Gasteiger partial charge in [-0.25, -0.2) is 20.4 Å². The molecule has 4 rings (SSSR count). The molecule has 3 aromatic carbocycles. The molecule has 214 valence electrons. The second-order valence-electron chi connectivity index (χ2n) is 9.63. The molecule has 1 aliphatic heterocycles. The van der Waals surface area contributed by atoms with Gasteiger partial charge in [0, 0.05) is 49.7 Å². The SMILES string of the molecule is NN(CCC#Cc1ccc(OCCN2CCN(C(c3ccccc3)c3ccc(Cl)cc3)CC2)c(C(=O)O)c1)C(=O)O. The summed E-state index contributed by atoms with van der Waals surface area (Å²) in [4.78, 5) is 27.4. The fourth-order valence-electron chi connectivity index (χ4n) is 4.76. The number of hydrogen-bond acceptors (Lipinski definition) is 6. The number of rotatable bonds is 10. The van der Waals surface area contributed by atoms with Crippen molar-refractivity contribution in [2.45, 2.75) is 12.5 Å². The number of aromatic carboxylic acids is 1. The predicted octanol–water partition coefficient (Wildman–Crippen LogP) is 4.42. The molecule has 3 aromatic rings. The van der Waals surface area contributed by atoms with Crippen molar-refractivity contribution in [2.75, 3.05) is 45.9 Å². The van der Waals surface area contributed by atoms with E-state index in [2.05, 4.69) is 58.0 Å². The molecular formula is C31H33ClN4O5. The zero-order valence-corrected chi connectivity index (χ0v) is 23.3. The molecule has 1 atom stereocenters. The van der Waals surface area contributed by atoms with Crippen LogP contribution in [0, 0.1) is 11.8 Å². The van der Waals surface area contributed by atoms with Gasteiger partial charge in [-0.05, 0) is 41.5 Å². The van der Waals surface area contributed by atoms with Crippen LogP contribution in [0.2, 0.25) is 5.02 Å². The molecule has 1 unspecified atom stereocenters. The van der Waals surface area contributed by atoms with Gasteiger partial charge in [0.05, 0.1) is 12.6 Å². The van der Waals surface area contributed by atoms with Crippen molar-refractivity contribution >= 4 is 23.7 Å². The Hall–Kier alpha value is -4.07. The van der Waals surface area contributed by atoms with E-state index in [1.165, 1.54) is 17.2 Å². The first-order valence-electron chi connectivity index (χ1n) is 13.3. The topological polar surface area (TPSA) is 120 Å². The molecule has 0 bridgehead atoms. The smallest absolute Gasteiger partial charge is 0.421 e. The highest BCUT2D eigenvalue weighted by Gasteiger charge is 2.26. The highest BCUT2D eigenvalue weighted by molar-refractivity contribution is 6.30. The Balaban J connectivity index is 1.31. The molecule has 9 nitrogen and oxygen atoms in total. The van der Waals surface area contributed by atoms with Crippen molar-refractivity contribution in [3.05, 3.63) is 100 Å². The number of benzene rings is 3. The lowest BCUT2D eigenvalue weighted by Crippen LogP contribution is -2.48. The Morgan fingerprint density at radius 2 is 1.66 bits per heavy atom. The first-order chi connectivity index (χ1) is 19.8. The van der Waals surface area contributed by atoms with Crippen LogP contribution in [0.25, 0.3) is 0 Å².